The van der Waals surface area contributed by atoms with Gasteiger partial charge in [-0.3, -0.25) is 14.6 Å². The molecule has 0 spiro atoms. The summed E-state index contributed by atoms with van der Waals surface area (Å²) in [6.45, 7) is 10.4. The predicted molar refractivity (Wildman–Crippen MR) is 83.1 cm³/mol. The van der Waals surface area contributed by atoms with Crippen molar-refractivity contribution in [1.29, 1.82) is 0 Å². The summed E-state index contributed by atoms with van der Waals surface area (Å²) in [5, 5.41) is 5.96. The minimum Gasteiger partial charge on any atom is -0.350 e. The van der Waals surface area contributed by atoms with Gasteiger partial charge >= 0.3 is 0 Å². The second-order valence-corrected chi connectivity index (χ2v) is 6.19. The summed E-state index contributed by atoms with van der Waals surface area (Å²) in [6, 6.07) is 0. The van der Waals surface area contributed by atoms with Gasteiger partial charge in [-0.05, 0) is 20.8 Å². The van der Waals surface area contributed by atoms with Crippen molar-refractivity contribution in [3.63, 3.8) is 0 Å². The average Bonchev–Trinajstić information content (AvgIpc) is 2.38. The number of aliphatic imine (C=N–C) groups is 1. The number of rotatable bonds is 2. The van der Waals surface area contributed by atoms with Gasteiger partial charge in [-0.25, -0.2) is 0 Å². The standard InChI is InChI=1S/C14H27N5O2/c1-11(20)18-6-8-19(9-7-18)13(15-5)16-10-12(21)17-14(2,3)4/h6-10H2,1-5H3,(H,15,16)(H,17,21). The Hall–Kier alpha value is -1.79. The topological polar surface area (TPSA) is 77.0 Å². The number of hydrogen-bond acceptors (Lipinski definition) is 3. The Kier molecular flexibility index (Phi) is 5.99. The van der Waals surface area contributed by atoms with Gasteiger partial charge in [0, 0.05) is 45.7 Å². The van der Waals surface area contributed by atoms with E-state index in [1.54, 1.807) is 14.0 Å². The van der Waals surface area contributed by atoms with Crippen molar-refractivity contribution in [3.05, 3.63) is 0 Å². The van der Waals surface area contributed by atoms with E-state index < -0.39 is 0 Å². The lowest BCUT2D eigenvalue weighted by Crippen LogP contribution is -2.55. The van der Waals surface area contributed by atoms with Crippen LogP contribution < -0.4 is 10.6 Å². The van der Waals surface area contributed by atoms with Crippen LogP contribution in [0.1, 0.15) is 27.7 Å². The summed E-state index contributed by atoms with van der Waals surface area (Å²) in [4.78, 5) is 31.2. The third-order valence-corrected chi connectivity index (χ3v) is 3.16. The van der Waals surface area contributed by atoms with Gasteiger partial charge in [-0.2, -0.15) is 0 Å². The molecule has 0 aromatic heterocycles. The normalized spacial score (nSPS) is 16.7. The molecule has 7 nitrogen and oxygen atoms in total. The molecule has 1 heterocycles. The zero-order valence-corrected chi connectivity index (χ0v) is 13.7. The fourth-order valence-electron chi connectivity index (χ4n) is 2.19. The fourth-order valence-corrected chi connectivity index (χ4v) is 2.19. The monoisotopic (exact) mass is 297 g/mol. The van der Waals surface area contributed by atoms with Gasteiger partial charge in [0.15, 0.2) is 5.96 Å². The Balaban J connectivity index is 2.43. The second-order valence-electron chi connectivity index (χ2n) is 6.19. The van der Waals surface area contributed by atoms with Crippen LogP contribution in [0.25, 0.3) is 0 Å². The molecule has 0 aromatic rings. The van der Waals surface area contributed by atoms with Crippen molar-refractivity contribution in [2.45, 2.75) is 33.2 Å². The average molecular weight is 297 g/mol. The number of piperazine rings is 1. The second kappa shape index (κ2) is 7.28. The molecule has 1 fully saturated rings. The van der Waals surface area contributed by atoms with E-state index in [0.29, 0.717) is 19.0 Å². The Morgan fingerprint density at radius 2 is 1.62 bits per heavy atom. The van der Waals surface area contributed by atoms with Gasteiger partial charge in [-0.1, -0.05) is 0 Å². The molecule has 1 aliphatic heterocycles. The van der Waals surface area contributed by atoms with E-state index in [1.807, 2.05) is 25.7 Å². The summed E-state index contributed by atoms with van der Waals surface area (Å²) < 4.78 is 0. The zero-order valence-electron chi connectivity index (χ0n) is 13.7. The summed E-state index contributed by atoms with van der Waals surface area (Å²) in [5.74, 6) is 0.732. The van der Waals surface area contributed by atoms with Gasteiger partial charge in [0.1, 0.15) is 0 Å². The highest BCUT2D eigenvalue weighted by molar-refractivity contribution is 5.87. The molecule has 7 heteroatoms. The van der Waals surface area contributed by atoms with Crippen molar-refractivity contribution in [1.82, 2.24) is 20.4 Å². The van der Waals surface area contributed by atoms with Crippen molar-refractivity contribution in [2.24, 2.45) is 4.99 Å². The van der Waals surface area contributed by atoms with Crippen LogP contribution in [0, 0.1) is 0 Å². The molecule has 1 saturated heterocycles. The quantitative estimate of drug-likeness (QED) is 0.539. The Morgan fingerprint density at radius 1 is 1.10 bits per heavy atom. The highest BCUT2D eigenvalue weighted by Gasteiger charge is 2.21. The highest BCUT2D eigenvalue weighted by Crippen LogP contribution is 2.02. The number of carbonyl (C=O) groups excluding carboxylic acids is 2. The molecule has 0 radical (unpaired) electrons. The van der Waals surface area contributed by atoms with E-state index in [4.69, 9.17) is 0 Å². The number of nitrogens with zero attached hydrogens (tertiary/aromatic N) is 3. The minimum atomic E-state index is -0.241. The van der Waals surface area contributed by atoms with E-state index >= 15 is 0 Å². The Labute approximate surface area is 126 Å². The third kappa shape index (κ3) is 6.01. The summed E-state index contributed by atoms with van der Waals surface area (Å²) in [5.41, 5.74) is -0.241. The van der Waals surface area contributed by atoms with Crippen LogP contribution >= 0.6 is 0 Å². The molecular weight excluding hydrogens is 270 g/mol. The molecule has 21 heavy (non-hydrogen) atoms. The lowest BCUT2D eigenvalue weighted by Gasteiger charge is -2.36. The summed E-state index contributed by atoms with van der Waals surface area (Å²) in [6.07, 6.45) is 0. The first-order valence-corrected chi connectivity index (χ1v) is 7.25. The largest absolute Gasteiger partial charge is 0.350 e. The van der Waals surface area contributed by atoms with E-state index in [1.165, 1.54) is 0 Å². The molecular formula is C14H27N5O2. The first-order chi connectivity index (χ1) is 9.73. The maximum Gasteiger partial charge on any atom is 0.239 e. The van der Waals surface area contributed by atoms with Gasteiger partial charge in [0.2, 0.25) is 11.8 Å². The Bertz CT molecular complexity index is 406. The fraction of sp³-hybridized carbons (Fsp3) is 0.786. The smallest absolute Gasteiger partial charge is 0.239 e. The molecule has 2 amide bonds. The van der Waals surface area contributed by atoms with Gasteiger partial charge in [0.05, 0.1) is 6.54 Å². The Morgan fingerprint density at radius 3 is 2.05 bits per heavy atom. The summed E-state index contributed by atoms with van der Waals surface area (Å²) >= 11 is 0. The molecule has 0 bridgehead atoms. The van der Waals surface area contributed by atoms with Gasteiger partial charge in [0.25, 0.3) is 0 Å². The number of nitrogens with one attached hydrogen (secondary N) is 2. The van der Waals surface area contributed by atoms with Crippen LogP contribution in [0.5, 0.6) is 0 Å². The van der Waals surface area contributed by atoms with Crippen LogP contribution in [-0.4, -0.2) is 72.9 Å². The van der Waals surface area contributed by atoms with Gasteiger partial charge < -0.3 is 20.4 Å². The van der Waals surface area contributed by atoms with E-state index in [9.17, 15) is 9.59 Å². The van der Waals surface area contributed by atoms with Crippen LogP contribution in [0.2, 0.25) is 0 Å². The van der Waals surface area contributed by atoms with Gasteiger partial charge in [-0.15, -0.1) is 0 Å². The van der Waals surface area contributed by atoms with Crippen molar-refractivity contribution < 1.29 is 9.59 Å². The summed E-state index contributed by atoms with van der Waals surface area (Å²) in [7, 11) is 1.70. The number of amides is 2. The SMILES string of the molecule is CN=C(NCC(=O)NC(C)(C)C)N1CCN(C(C)=O)CC1. The van der Waals surface area contributed by atoms with Crippen LogP contribution in [-0.2, 0) is 9.59 Å². The predicted octanol–water partition coefficient (Wildman–Crippen LogP) is -0.359. The highest BCUT2D eigenvalue weighted by atomic mass is 16.2. The molecule has 1 rings (SSSR count). The lowest BCUT2D eigenvalue weighted by atomic mass is 10.1. The molecule has 0 atom stereocenters. The minimum absolute atomic E-state index is 0.0639. The zero-order chi connectivity index (χ0) is 16.0. The molecule has 1 aliphatic rings. The number of guanidine groups is 1. The van der Waals surface area contributed by atoms with Crippen molar-refractivity contribution in [2.75, 3.05) is 39.8 Å². The lowest BCUT2D eigenvalue weighted by molar-refractivity contribution is -0.130. The van der Waals surface area contributed by atoms with Crippen LogP contribution in [0.15, 0.2) is 4.99 Å². The molecule has 0 aromatic carbocycles. The number of carbonyl (C=O) groups is 2. The van der Waals surface area contributed by atoms with E-state index in [0.717, 1.165) is 13.1 Å². The van der Waals surface area contributed by atoms with Crippen LogP contribution in [0.4, 0.5) is 0 Å². The van der Waals surface area contributed by atoms with E-state index in [-0.39, 0.29) is 23.9 Å². The molecule has 2 N–H and O–H groups in total. The molecule has 0 unspecified atom stereocenters. The maximum atomic E-state index is 11.8. The van der Waals surface area contributed by atoms with Crippen molar-refractivity contribution in [3.8, 4) is 0 Å². The molecule has 120 valence electrons. The van der Waals surface area contributed by atoms with E-state index in [2.05, 4.69) is 20.5 Å². The molecule has 0 aliphatic carbocycles. The van der Waals surface area contributed by atoms with Crippen molar-refractivity contribution >= 4 is 17.8 Å². The first kappa shape index (κ1) is 17.3. The first-order valence-electron chi connectivity index (χ1n) is 7.25. The maximum absolute atomic E-state index is 11.8. The van der Waals surface area contributed by atoms with Crippen LogP contribution in [0.3, 0.4) is 0 Å². The number of hydrogen-bond donors (Lipinski definition) is 2. The third-order valence-electron chi connectivity index (χ3n) is 3.16. The molecule has 0 saturated carbocycles.